The van der Waals surface area contributed by atoms with E-state index in [1.54, 1.807) is 14.0 Å². The van der Waals surface area contributed by atoms with Gasteiger partial charge in [0.1, 0.15) is 11.4 Å². The zero-order valence-corrected chi connectivity index (χ0v) is 13.5. The van der Waals surface area contributed by atoms with Crippen molar-refractivity contribution in [2.45, 2.75) is 13.8 Å². The van der Waals surface area contributed by atoms with Crippen molar-refractivity contribution in [2.75, 3.05) is 13.7 Å². The van der Waals surface area contributed by atoms with E-state index < -0.39 is 0 Å². The fourth-order valence-electron chi connectivity index (χ4n) is 2.89. The minimum atomic E-state index is -0.356. The summed E-state index contributed by atoms with van der Waals surface area (Å²) in [6, 6.07) is 12.0. The lowest BCUT2D eigenvalue weighted by atomic mass is 9.95. The summed E-state index contributed by atoms with van der Waals surface area (Å²) in [6.45, 7) is 4.10. The lowest BCUT2D eigenvalue weighted by Crippen LogP contribution is -2.07. The van der Waals surface area contributed by atoms with Gasteiger partial charge in [-0.05, 0) is 36.2 Å². The molecule has 0 radical (unpaired) electrons. The fraction of sp³-hybridized carbons (Fsp3) is 0.211. The van der Waals surface area contributed by atoms with Gasteiger partial charge < -0.3 is 14.5 Å². The van der Waals surface area contributed by atoms with E-state index in [9.17, 15) is 4.79 Å². The minimum absolute atomic E-state index is 0.336. The molecule has 3 aromatic rings. The average Bonchev–Trinajstić information content (AvgIpc) is 2.95. The van der Waals surface area contributed by atoms with E-state index in [2.05, 4.69) is 4.98 Å². The molecule has 0 amide bonds. The van der Waals surface area contributed by atoms with Crippen LogP contribution in [-0.2, 0) is 4.74 Å². The molecule has 0 fully saturated rings. The van der Waals surface area contributed by atoms with Crippen molar-refractivity contribution in [3.63, 3.8) is 0 Å². The van der Waals surface area contributed by atoms with Gasteiger partial charge in [0.15, 0.2) is 0 Å². The fourth-order valence-corrected chi connectivity index (χ4v) is 2.89. The second kappa shape index (κ2) is 6.16. The highest BCUT2D eigenvalue weighted by Gasteiger charge is 2.22. The molecule has 4 heteroatoms. The van der Waals surface area contributed by atoms with Gasteiger partial charge in [-0.3, -0.25) is 0 Å². The Labute approximate surface area is 135 Å². The number of H-pyrrole nitrogens is 1. The third-order valence-corrected chi connectivity index (χ3v) is 3.92. The van der Waals surface area contributed by atoms with Crippen LogP contribution in [0, 0.1) is 6.92 Å². The van der Waals surface area contributed by atoms with Crippen molar-refractivity contribution in [1.29, 1.82) is 0 Å². The van der Waals surface area contributed by atoms with Gasteiger partial charge >= 0.3 is 5.97 Å². The third-order valence-electron chi connectivity index (χ3n) is 3.92. The molecule has 0 spiro atoms. The largest absolute Gasteiger partial charge is 0.496 e. The highest BCUT2D eigenvalue weighted by molar-refractivity contribution is 6.06. The maximum absolute atomic E-state index is 12.3. The van der Waals surface area contributed by atoms with E-state index in [4.69, 9.17) is 9.47 Å². The molecule has 1 aromatic heterocycles. The maximum atomic E-state index is 12.3. The summed E-state index contributed by atoms with van der Waals surface area (Å²) in [5.41, 5.74) is 3.17. The molecule has 3 rings (SSSR count). The Hall–Kier alpha value is -2.75. The topological polar surface area (TPSA) is 51.3 Å². The summed E-state index contributed by atoms with van der Waals surface area (Å²) < 4.78 is 10.7. The molecule has 4 nitrogen and oxygen atoms in total. The van der Waals surface area contributed by atoms with Crippen molar-refractivity contribution in [3.05, 3.63) is 53.9 Å². The van der Waals surface area contributed by atoms with Gasteiger partial charge in [0.25, 0.3) is 0 Å². The van der Waals surface area contributed by atoms with Crippen LogP contribution in [0.1, 0.15) is 23.0 Å². The maximum Gasteiger partial charge on any atom is 0.355 e. The van der Waals surface area contributed by atoms with Crippen molar-refractivity contribution in [3.8, 4) is 16.9 Å². The second-order valence-electron chi connectivity index (χ2n) is 5.31. The number of aromatic nitrogens is 1. The molecule has 0 aliphatic carbocycles. The van der Waals surface area contributed by atoms with Crippen molar-refractivity contribution in [2.24, 2.45) is 0 Å². The van der Waals surface area contributed by atoms with Crippen molar-refractivity contribution >= 4 is 16.7 Å². The minimum Gasteiger partial charge on any atom is -0.496 e. The van der Waals surface area contributed by atoms with Crippen LogP contribution in [0.25, 0.3) is 21.9 Å². The lowest BCUT2D eigenvalue weighted by molar-refractivity contribution is 0.0521. The number of nitrogens with one attached hydrogen (secondary N) is 1. The van der Waals surface area contributed by atoms with Crippen LogP contribution >= 0.6 is 0 Å². The molecule has 0 saturated carbocycles. The van der Waals surface area contributed by atoms with Crippen LogP contribution in [0.2, 0.25) is 0 Å². The summed E-state index contributed by atoms with van der Waals surface area (Å²) in [4.78, 5) is 15.3. The quantitative estimate of drug-likeness (QED) is 0.730. The van der Waals surface area contributed by atoms with Crippen LogP contribution in [0.3, 0.4) is 0 Å². The van der Waals surface area contributed by atoms with Gasteiger partial charge in [-0.25, -0.2) is 4.79 Å². The molecule has 1 heterocycles. The number of aryl methyl sites for hydroxylation is 1. The first-order valence-corrected chi connectivity index (χ1v) is 7.58. The number of hydrogen-bond donors (Lipinski definition) is 1. The second-order valence-corrected chi connectivity index (χ2v) is 5.31. The molecule has 0 saturated heterocycles. The molecule has 0 unspecified atom stereocenters. The highest BCUT2D eigenvalue weighted by Crippen LogP contribution is 2.40. The molecule has 0 aliphatic rings. The van der Waals surface area contributed by atoms with Crippen LogP contribution < -0.4 is 4.74 Å². The van der Waals surface area contributed by atoms with Gasteiger partial charge in [0, 0.05) is 17.3 Å². The standard InChI is InChI=1S/C19H19NO3/c1-4-23-19(21)18-16(12(2)11-20-18)17-14-8-6-5-7-13(14)9-10-15(17)22-3/h5-11,20H,4H2,1-3H3. The van der Waals surface area contributed by atoms with E-state index in [-0.39, 0.29) is 5.97 Å². The van der Waals surface area contributed by atoms with E-state index in [0.717, 1.165) is 33.2 Å². The Morgan fingerprint density at radius 3 is 2.65 bits per heavy atom. The molecule has 23 heavy (non-hydrogen) atoms. The molecule has 1 N–H and O–H groups in total. The number of aromatic amines is 1. The SMILES string of the molecule is CCOC(=O)c1[nH]cc(C)c1-c1c(OC)ccc2ccccc12. The Kier molecular flexibility index (Phi) is 4.06. The summed E-state index contributed by atoms with van der Waals surface area (Å²) >= 11 is 0. The van der Waals surface area contributed by atoms with Crippen LogP contribution in [0.5, 0.6) is 5.75 Å². The first kappa shape index (κ1) is 15.2. The highest BCUT2D eigenvalue weighted by atomic mass is 16.5. The van der Waals surface area contributed by atoms with Gasteiger partial charge in [-0.15, -0.1) is 0 Å². The average molecular weight is 309 g/mol. The Morgan fingerprint density at radius 1 is 1.13 bits per heavy atom. The number of benzene rings is 2. The number of esters is 1. The number of hydrogen-bond acceptors (Lipinski definition) is 3. The summed E-state index contributed by atoms with van der Waals surface area (Å²) in [7, 11) is 1.64. The molecule has 0 aliphatic heterocycles. The van der Waals surface area contributed by atoms with Crippen molar-refractivity contribution in [1.82, 2.24) is 4.98 Å². The summed E-state index contributed by atoms with van der Waals surface area (Å²) in [5.74, 6) is 0.377. The van der Waals surface area contributed by atoms with E-state index in [1.807, 2.05) is 49.5 Å². The monoisotopic (exact) mass is 309 g/mol. The van der Waals surface area contributed by atoms with E-state index in [1.165, 1.54) is 0 Å². The molecule has 0 atom stereocenters. The normalized spacial score (nSPS) is 10.7. The van der Waals surface area contributed by atoms with Crippen molar-refractivity contribution < 1.29 is 14.3 Å². The Balaban J connectivity index is 2.33. The molecular weight excluding hydrogens is 290 g/mol. The Morgan fingerprint density at radius 2 is 1.91 bits per heavy atom. The van der Waals surface area contributed by atoms with E-state index in [0.29, 0.717) is 12.3 Å². The van der Waals surface area contributed by atoms with Gasteiger partial charge in [-0.2, -0.15) is 0 Å². The first-order chi connectivity index (χ1) is 11.2. The smallest absolute Gasteiger partial charge is 0.355 e. The van der Waals surface area contributed by atoms with Crippen LogP contribution in [0.15, 0.2) is 42.6 Å². The van der Waals surface area contributed by atoms with E-state index >= 15 is 0 Å². The number of fused-ring (bicyclic) bond motifs is 1. The molecule has 2 aromatic carbocycles. The Bertz CT molecular complexity index is 864. The van der Waals surface area contributed by atoms with Gasteiger partial charge in [0.2, 0.25) is 0 Å². The molecule has 0 bridgehead atoms. The number of rotatable bonds is 4. The van der Waals surface area contributed by atoms with Gasteiger partial charge in [0.05, 0.1) is 13.7 Å². The summed E-state index contributed by atoms with van der Waals surface area (Å²) in [5, 5.41) is 2.14. The number of carbonyl (C=O) groups is 1. The van der Waals surface area contributed by atoms with Crippen LogP contribution in [-0.4, -0.2) is 24.7 Å². The number of ether oxygens (including phenoxy) is 2. The molecule has 118 valence electrons. The third kappa shape index (κ3) is 2.57. The predicted octanol–water partition coefficient (Wildman–Crippen LogP) is 4.33. The number of methoxy groups -OCH3 is 1. The predicted molar refractivity (Wildman–Crippen MR) is 91.0 cm³/mol. The number of carbonyl (C=O) groups excluding carboxylic acids is 1. The zero-order chi connectivity index (χ0) is 16.4. The van der Waals surface area contributed by atoms with Gasteiger partial charge in [-0.1, -0.05) is 30.3 Å². The lowest BCUT2D eigenvalue weighted by Gasteiger charge is -2.14. The summed E-state index contributed by atoms with van der Waals surface area (Å²) in [6.07, 6.45) is 1.82. The zero-order valence-electron chi connectivity index (χ0n) is 13.5. The molecular formula is C19H19NO3. The first-order valence-electron chi connectivity index (χ1n) is 7.58. The van der Waals surface area contributed by atoms with Crippen LogP contribution in [0.4, 0.5) is 0 Å².